The third-order valence-electron chi connectivity index (χ3n) is 4.43. The average molecular weight is 383 g/mol. The molecule has 1 atom stereocenters. The molecule has 8 heteroatoms. The summed E-state index contributed by atoms with van der Waals surface area (Å²) in [7, 11) is 0. The maximum Gasteiger partial charge on any atom is 0.120 e. The second-order valence-electron chi connectivity index (χ2n) is 5.81. The van der Waals surface area contributed by atoms with Crippen molar-refractivity contribution in [3.63, 3.8) is 0 Å². The summed E-state index contributed by atoms with van der Waals surface area (Å²) in [5.41, 5.74) is 7.86. The number of hydrogen-bond donors (Lipinski definition) is 2. The first-order valence-corrected chi connectivity index (χ1v) is 9.20. The van der Waals surface area contributed by atoms with Crippen molar-refractivity contribution < 1.29 is 5.11 Å². The maximum atomic E-state index is 10.0. The fourth-order valence-corrected chi connectivity index (χ4v) is 5.07. The Morgan fingerprint density at radius 2 is 2.25 bits per heavy atom. The number of aliphatic hydroxyl groups is 1. The van der Waals surface area contributed by atoms with Gasteiger partial charge in [-0.2, -0.15) is 0 Å². The number of halogens is 2. The summed E-state index contributed by atoms with van der Waals surface area (Å²) in [5, 5.41) is 12.3. The van der Waals surface area contributed by atoms with Gasteiger partial charge in [0, 0.05) is 42.3 Å². The van der Waals surface area contributed by atoms with E-state index in [1.807, 2.05) is 21.7 Å². The number of aromatic nitrogens is 2. The van der Waals surface area contributed by atoms with E-state index >= 15 is 0 Å². The Balaban J connectivity index is 1.91. The lowest BCUT2D eigenvalue weighted by atomic mass is 10.0. The van der Waals surface area contributed by atoms with E-state index in [0.29, 0.717) is 16.6 Å². The van der Waals surface area contributed by atoms with Gasteiger partial charge in [-0.25, -0.2) is 4.98 Å². The van der Waals surface area contributed by atoms with E-state index in [-0.39, 0.29) is 6.54 Å². The number of thiophene rings is 1. The minimum Gasteiger partial charge on any atom is -0.377 e. The lowest BCUT2D eigenvalue weighted by molar-refractivity contribution is 0.00267. The van der Waals surface area contributed by atoms with Gasteiger partial charge in [0.05, 0.1) is 26.8 Å². The number of fused-ring (bicyclic) bond motifs is 3. The first-order valence-electron chi connectivity index (χ1n) is 7.63. The number of aliphatic hydroxyl groups excluding tert-OH is 1. The van der Waals surface area contributed by atoms with Crippen LogP contribution in [0.25, 0.3) is 15.8 Å². The quantitative estimate of drug-likeness (QED) is 0.730. The summed E-state index contributed by atoms with van der Waals surface area (Å²) < 4.78 is 2.94. The van der Waals surface area contributed by atoms with Gasteiger partial charge in [-0.15, -0.1) is 11.3 Å². The summed E-state index contributed by atoms with van der Waals surface area (Å²) in [4.78, 5) is 7.33. The Bertz CT molecular complexity index is 893. The summed E-state index contributed by atoms with van der Waals surface area (Å²) in [6, 6.07) is 1.89. The monoisotopic (exact) mass is 382 g/mol. The molecule has 0 fully saturated rings. The van der Waals surface area contributed by atoms with Crippen LogP contribution in [0.1, 0.15) is 10.4 Å². The van der Waals surface area contributed by atoms with Crippen LogP contribution in [-0.2, 0) is 13.0 Å². The Morgan fingerprint density at radius 3 is 2.96 bits per heavy atom. The summed E-state index contributed by atoms with van der Waals surface area (Å²) >= 11 is 14.5. The molecule has 3 aromatic rings. The van der Waals surface area contributed by atoms with Crippen molar-refractivity contribution >= 4 is 44.6 Å². The lowest BCUT2D eigenvalue weighted by Gasteiger charge is -2.30. The third-order valence-corrected chi connectivity index (χ3v) is 6.56. The molecular formula is C16H16Cl2N4OS. The Morgan fingerprint density at radius 1 is 1.42 bits per heavy atom. The molecule has 1 aliphatic heterocycles. The molecule has 1 unspecified atom stereocenters. The molecule has 3 N–H and O–H groups in total. The van der Waals surface area contributed by atoms with Gasteiger partial charge in [0.1, 0.15) is 6.23 Å². The van der Waals surface area contributed by atoms with E-state index < -0.39 is 6.23 Å². The predicted molar refractivity (Wildman–Crippen MR) is 98.1 cm³/mol. The highest BCUT2D eigenvalue weighted by molar-refractivity contribution is 7.20. The van der Waals surface area contributed by atoms with E-state index in [9.17, 15) is 5.11 Å². The number of benzene rings is 1. The molecule has 3 heterocycles. The number of imidazole rings is 1. The summed E-state index contributed by atoms with van der Waals surface area (Å²) in [6.07, 6.45) is 5.63. The highest BCUT2D eigenvalue weighted by Gasteiger charge is 2.27. The fourth-order valence-electron chi connectivity index (χ4n) is 3.22. The van der Waals surface area contributed by atoms with Crippen molar-refractivity contribution in [1.29, 1.82) is 0 Å². The highest BCUT2D eigenvalue weighted by Crippen LogP contribution is 2.44. The van der Waals surface area contributed by atoms with Crippen LogP contribution in [0.3, 0.4) is 0 Å². The van der Waals surface area contributed by atoms with E-state index in [2.05, 4.69) is 4.98 Å². The molecule has 0 aliphatic carbocycles. The van der Waals surface area contributed by atoms with Crippen LogP contribution in [0.2, 0.25) is 10.0 Å². The van der Waals surface area contributed by atoms with Gasteiger partial charge in [-0.05, 0) is 18.1 Å². The first-order chi connectivity index (χ1) is 11.6. The van der Waals surface area contributed by atoms with Gasteiger partial charge < -0.3 is 15.4 Å². The summed E-state index contributed by atoms with van der Waals surface area (Å²) in [6.45, 7) is 1.66. The number of nitrogens with two attached hydrogens (primary N) is 1. The molecule has 0 spiro atoms. The molecule has 4 rings (SSSR count). The largest absolute Gasteiger partial charge is 0.377 e. The van der Waals surface area contributed by atoms with Crippen molar-refractivity contribution in [3.8, 4) is 5.69 Å². The van der Waals surface area contributed by atoms with Crippen LogP contribution in [0.5, 0.6) is 0 Å². The zero-order valence-corrected chi connectivity index (χ0v) is 15.1. The SMILES string of the molecule is NCC(O)N1CCc2c(sc3c(Cl)c(Cl)cc(-n4ccnc4)c23)C1. The second kappa shape index (κ2) is 6.29. The standard InChI is InChI=1S/C16H16Cl2N4OS/c17-10-5-11(22-4-2-20-8-22)14-9-1-3-21(13(23)6-19)7-12(9)24-16(14)15(10)18/h2,4-5,8,13,23H,1,3,6-7,19H2. The van der Waals surface area contributed by atoms with Crippen LogP contribution < -0.4 is 5.73 Å². The second-order valence-corrected chi connectivity index (χ2v) is 7.70. The van der Waals surface area contributed by atoms with E-state index in [4.69, 9.17) is 28.9 Å². The number of rotatable bonds is 3. The molecule has 1 aromatic carbocycles. The minimum absolute atomic E-state index is 0.229. The van der Waals surface area contributed by atoms with E-state index in [1.165, 1.54) is 10.4 Å². The number of hydrogen-bond acceptors (Lipinski definition) is 5. The van der Waals surface area contributed by atoms with Crippen molar-refractivity contribution in [2.45, 2.75) is 19.2 Å². The number of nitrogens with zero attached hydrogens (tertiary/aromatic N) is 3. The van der Waals surface area contributed by atoms with Gasteiger partial charge in [0.25, 0.3) is 0 Å². The highest BCUT2D eigenvalue weighted by atomic mass is 35.5. The van der Waals surface area contributed by atoms with Crippen LogP contribution >= 0.6 is 34.5 Å². The lowest BCUT2D eigenvalue weighted by Crippen LogP contribution is -2.42. The Kier molecular flexibility index (Phi) is 4.28. The zero-order valence-electron chi connectivity index (χ0n) is 12.7. The fraction of sp³-hybridized carbons (Fsp3) is 0.312. The molecule has 0 saturated heterocycles. The van der Waals surface area contributed by atoms with Gasteiger partial charge >= 0.3 is 0 Å². The van der Waals surface area contributed by atoms with Gasteiger partial charge in [-0.3, -0.25) is 4.90 Å². The van der Waals surface area contributed by atoms with Crippen molar-refractivity contribution in [2.75, 3.05) is 13.1 Å². The van der Waals surface area contributed by atoms with Crippen LogP contribution in [0.15, 0.2) is 24.8 Å². The van der Waals surface area contributed by atoms with Crippen molar-refractivity contribution in [3.05, 3.63) is 45.3 Å². The normalized spacial score (nSPS) is 16.5. The molecule has 0 saturated carbocycles. The molecule has 1 aliphatic rings. The molecule has 0 amide bonds. The van der Waals surface area contributed by atoms with E-state index in [0.717, 1.165) is 28.7 Å². The van der Waals surface area contributed by atoms with Crippen molar-refractivity contribution in [2.24, 2.45) is 5.73 Å². The maximum absolute atomic E-state index is 10.0. The molecule has 0 bridgehead atoms. The smallest absolute Gasteiger partial charge is 0.120 e. The van der Waals surface area contributed by atoms with Gasteiger partial charge in [0.15, 0.2) is 0 Å². The molecule has 126 valence electrons. The zero-order chi connectivity index (χ0) is 16.8. The average Bonchev–Trinajstić information content (AvgIpc) is 3.24. The van der Waals surface area contributed by atoms with Gasteiger partial charge in [-0.1, -0.05) is 23.2 Å². The summed E-state index contributed by atoms with van der Waals surface area (Å²) in [5.74, 6) is 0. The van der Waals surface area contributed by atoms with Crippen LogP contribution in [0, 0.1) is 0 Å². The van der Waals surface area contributed by atoms with Gasteiger partial charge in [0.2, 0.25) is 0 Å². The first kappa shape index (κ1) is 16.3. The molecular weight excluding hydrogens is 367 g/mol. The molecule has 24 heavy (non-hydrogen) atoms. The predicted octanol–water partition coefficient (Wildman–Crippen LogP) is 3.03. The Labute approximate surface area is 153 Å². The third kappa shape index (κ3) is 2.54. The van der Waals surface area contributed by atoms with Crippen LogP contribution in [-0.4, -0.2) is 38.9 Å². The Hall–Kier alpha value is -1.15. The van der Waals surface area contributed by atoms with Crippen molar-refractivity contribution in [1.82, 2.24) is 14.5 Å². The minimum atomic E-state index is -0.615. The van der Waals surface area contributed by atoms with Crippen LogP contribution in [0.4, 0.5) is 0 Å². The topological polar surface area (TPSA) is 67.3 Å². The molecule has 5 nitrogen and oxygen atoms in total. The van der Waals surface area contributed by atoms with E-state index in [1.54, 1.807) is 23.9 Å². The molecule has 2 aromatic heterocycles. The molecule has 0 radical (unpaired) electrons.